The normalized spacial score (nSPS) is 9.84. The minimum atomic E-state index is -0.291. The zero-order chi connectivity index (χ0) is 18.1. The minimum absolute atomic E-state index is 0.0702. The third-order valence-electron chi connectivity index (χ3n) is 3.20. The van der Waals surface area contributed by atoms with Crippen molar-refractivity contribution in [3.63, 3.8) is 0 Å². The van der Waals surface area contributed by atoms with Crippen LogP contribution in [-0.4, -0.2) is 24.7 Å². The third kappa shape index (κ3) is 6.64. The molecule has 0 saturated heterocycles. The second kappa shape index (κ2) is 9.43. The quantitative estimate of drug-likeness (QED) is 0.465. The first-order valence-corrected chi connectivity index (χ1v) is 7.92. The summed E-state index contributed by atoms with van der Waals surface area (Å²) in [5.74, 6) is 0.128. The Kier molecular flexibility index (Phi) is 6.97. The van der Waals surface area contributed by atoms with E-state index >= 15 is 0 Å². The number of amides is 1. The summed E-state index contributed by atoms with van der Waals surface area (Å²) >= 11 is 5.06. The Balaban J connectivity index is 1.66. The number of hydrogen-bond donors (Lipinski definition) is 4. The zero-order valence-corrected chi connectivity index (χ0v) is 14.5. The van der Waals surface area contributed by atoms with Crippen LogP contribution in [0.2, 0.25) is 0 Å². The Morgan fingerprint density at radius 1 is 1.16 bits per heavy atom. The largest absolute Gasteiger partial charge is 0.497 e. The number of carbonyl (C=O) groups excluding carboxylic acids is 1. The summed E-state index contributed by atoms with van der Waals surface area (Å²) in [6, 6.07) is 13.3. The van der Waals surface area contributed by atoms with Gasteiger partial charge in [-0.25, -0.2) is 4.39 Å². The standard InChI is InChI=1S/C17H19FN4O2S/c1-24-15-4-2-3-14(9-15)19-11-16(23)21-22-17(25)20-10-12-5-7-13(18)8-6-12/h2-9,19H,10-11H2,1H3,(H,21,23)(H2,20,22,25). The molecule has 4 N–H and O–H groups in total. The van der Waals surface area contributed by atoms with Crippen LogP contribution in [0.25, 0.3) is 0 Å². The molecule has 0 unspecified atom stereocenters. The van der Waals surface area contributed by atoms with Crippen molar-refractivity contribution in [3.05, 3.63) is 59.9 Å². The molecule has 0 aliphatic rings. The highest BCUT2D eigenvalue weighted by Crippen LogP contribution is 2.16. The van der Waals surface area contributed by atoms with Crippen LogP contribution in [0.5, 0.6) is 5.75 Å². The van der Waals surface area contributed by atoms with Crippen LogP contribution >= 0.6 is 12.2 Å². The van der Waals surface area contributed by atoms with Crippen molar-refractivity contribution in [1.82, 2.24) is 16.2 Å². The monoisotopic (exact) mass is 362 g/mol. The summed E-state index contributed by atoms with van der Waals surface area (Å²) in [6.07, 6.45) is 0. The maximum absolute atomic E-state index is 12.8. The van der Waals surface area contributed by atoms with Gasteiger partial charge in [0.2, 0.25) is 0 Å². The Labute approximate surface area is 150 Å². The zero-order valence-electron chi connectivity index (χ0n) is 13.6. The number of benzene rings is 2. The van der Waals surface area contributed by atoms with Gasteiger partial charge in [-0.05, 0) is 42.0 Å². The third-order valence-corrected chi connectivity index (χ3v) is 3.45. The average molecular weight is 362 g/mol. The first-order valence-electron chi connectivity index (χ1n) is 7.52. The van der Waals surface area contributed by atoms with Crippen molar-refractivity contribution in [2.75, 3.05) is 19.0 Å². The Morgan fingerprint density at radius 2 is 1.92 bits per heavy atom. The SMILES string of the molecule is COc1cccc(NCC(=O)NNC(=S)NCc2ccc(F)cc2)c1. The number of thiocarbonyl (C=S) groups is 1. The van der Waals surface area contributed by atoms with E-state index in [9.17, 15) is 9.18 Å². The lowest BCUT2D eigenvalue weighted by atomic mass is 10.2. The molecule has 8 heteroatoms. The fourth-order valence-corrected chi connectivity index (χ4v) is 2.04. The summed E-state index contributed by atoms with van der Waals surface area (Å²) in [5.41, 5.74) is 6.73. The van der Waals surface area contributed by atoms with E-state index < -0.39 is 0 Å². The van der Waals surface area contributed by atoms with Gasteiger partial charge in [0.05, 0.1) is 13.7 Å². The summed E-state index contributed by atoms with van der Waals surface area (Å²) in [4.78, 5) is 11.8. The number of anilines is 1. The number of ether oxygens (including phenoxy) is 1. The number of nitrogens with one attached hydrogen (secondary N) is 4. The Morgan fingerprint density at radius 3 is 2.64 bits per heavy atom. The Hall–Kier alpha value is -2.87. The molecule has 0 bridgehead atoms. The van der Waals surface area contributed by atoms with Crippen molar-refractivity contribution in [2.24, 2.45) is 0 Å². The molecule has 6 nitrogen and oxygen atoms in total. The molecule has 2 aromatic rings. The van der Waals surface area contributed by atoms with Crippen LogP contribution in [0, 0.1) is 5.82 Å². The predicted octanol–water partition coefficient (Wildman–Crippen LogP) is 1.94. The number of halogens is 1. The molecule has 0 fully saturated rings. The molecule has 2 aromatic carbocycles. The highest BCUT2D eigenvalue weighted by molar-refractivity contribution is 7.80. The van der Waals surface area contributed by atoms with E-state index in [0.717, 1.165) is 11.3 Å². The fourth-order valence-electron chi connectivity index (χ4n) is 1.91. The number of rotatable bonds is 6. The van der Waals surface area contributed by atoms with E-state index in [0.29, 0.717) is 12.3 Å². The first-order chi connectivity index (χ1) is 12.1. The molecule has 2 rings (SSSR count). The van der Waals surface area contributed by atoms with E-state index in [1.54, 1.807) is 25.3 Å². The van der Waals surface area contributed by atoms with Crippen LogP contribution in [0.4, 0.5) is 10.1 Å². The lowest BCUT2D eigenvalue weighted by Crippen LogP contribution is -2.48. The first kappa shape index (κ1) is 18.5. The molecular weight excluding hydrogens is 343 g/mol. The van der Waals surface area contributed by atoms with Crippen molar-refractivity contribution >= 4 is 28.9 Å². The molecule has 0 aromatic heterocycles. The van der Waals surface area contributed by atoms with Gasteiger partial charge in [0, 0.05) is 18.3 Å². The lowest BCUT2D eigenvalue weighted by Gasteiger charge is -2.12. The molecule has 25 heavy (non-hydrogen) atoms. The lowest BCUT2D eigenvalue weighted by molar-refractivity contribution is -0.119. The smallest absolute Gasteiger partial charge is 0.257 e. The summed E-state index contributed by atoms with van der Waals surface area (Å²) in [7, 11) is 1.58. The van der Waals surface area contributed by atoms with Gasteiger partial charge in [-0.15, -0.1) is 0 Å². The van der Waals surface area contributed by atoms with E-state index in [4.69, 9.17) is 17.0 Å². The predicted molar refractivity (Wildman–Crippen MR) is 98.6 cm³/mol. The van der Waals surface area contributed by atoms with Crippen molar-refractivity contribution in [1.29, 1.82) is 0 Å². The van der Waals surface area contributed by atoms with E-state index in [1.165, 1.54) is 12.1 Å². The fraction of sp³-hybridized carbons (Fsp3) is 0.176. The molecule has 132 valence electrons. The van der Waals surface area contributed by atoms with Crippen LogP contribution in [0.1, 0.15) is 5.56 Å². The summed E-state index contributed by atoms with van der Waals surface area (Å²) in [6.45, 7) is 0.491. The topological polar surface area (TPSA) is 74.4 Å². The highest BCUT2D eigenvalue weighted by Gasteiger charge is 2.03. The molecular formula is C17H19FN4O2S. The highest BCUT2D eigenvalue weighted by atomic mass is 32.1. The van der Waals surface area contributed by atoms with Gasteiger partial charge >= 0.3 is 0 Å². The van der Waals surface area contributed by atoms with Crippen LogP contribution < -0.4 is 26.2 Å². The van der Waals surface area contributed by atoms with Crippen LogP contribution in [0.3, 0.4) is 0 Å². The van der Waals surface area contributed by atoms with E-state index in [1.807, 2.05) is 18.2 Å². The Bertz CT molecular complexity index is 725. The summed E-state index contributed by atoms with van der Waals surface area (Å²) < 4.78 is 17.9. The number of carbonyl (C=O) groups is 1. The van der Waals surface area contributed by atoms with Gasteiger partial charge < -0.3 is 15.4 Å². The van der Waals surface area contributed by atoms with Gasteiger partial charge in [0.15, 0.2) is 5.11 Å². The van der Waals surface area contributed by atoms with Gasteiger partial charge in [-0.3, -0.25) is 15.6 Å². The van der Waals surface area contributed by atoms with Crippen LogP contribution in [-0.2, 0) is 11.3 Å². The van der Waals surface area contributed by atoms with Crippen molar-refractivity contribution in [3.8, 4) is 5.75 Å². The average Bonchev–Trinajstić information content (AvgIpc) is 2.64. The van der Waals surface area contributed by atoms with Gasteiger partial charge in [0.25, 0.3) is 5.91 Å². The minimum Gasteiger partial charge on any atom is -0.497 e. The van der Waals surface area contributed by atoms with Gasteiger partial charge in [-0.1, -0.05) is 18.2 Å². The second-order valence-corrected chi connectivity index (χ2v) is 5.48. The number of hydrazine groups is 1. The molecule has 0 aliphatic heterocycles. The molecule has 0 radical (unpaired) electrons. The molecule has 0 spiro atoms. The maximum atomic E-state index is 12.8. The maximum Gasteiger partial charge on any atom is 0.257 e. The van der Waals surface area contributed by atoms with Crippen molar-refractivity contribution < 1.29 is 13.9 Å². The van der Waals surface area contributed by atoms with Gasteiger partial charge in [0.1, 0.15) is 11.6 Å². The summed E-state index contributed by atoms with van der Waals surface area (Å²) in [5, 5.41) is 6.15. The molecule has 1 amide bonds. The van der Waals surface area contributed by atoms with Gasteiger partial charge in [-0.2, -0.15) is 0 Å². The van der Waals surface area contributed by atoms with Crippen LogP contribution in [0.15, 0.2) is 48.5 Å². The van der Waals surface area contributed by atoms with E-state index in [2.05, 4.69) is 21.5 Å². The van der Waals surface area contributed by atoms with E-state index in [-0.39, 0.29) is 23.4 Å². The molecule has 0 aliphatic carbocycles. The number of hydrogen-bond acceptors (Lipinski definition) is 4. The molecule has 0 saturated carbocycles. The van der Waals surface area contributed by atoms with Crippen molar-refractivity contribution in [2.45, 2.75) is 6.54 Å². The number of methoxy groups -OCH3 is 1. The molecule has 0 atom stereocenters. The second-order valence-electron chi connectivity index (χ2n) is 5.07. The molecule has 0 heterocycles.